The minimum Gasteiger partial charge on any atom is -0.466 e. The third-order valence-corrected chi connectivity index (χ3v) is 3.67. The molecule has 2 aliphatic rings. The van der Waals surface area contributed by atoms with E-state index in [1.54, 1.807) is 6.26 Å². The van der Waals surface area contributed by atoms with Crippen molar-refractivity contribution in [2.24, 2.45) is 0 Å². The zero-order valence-corrected chi connectivity index (χ0v) is 8.85. The molecular weight excluding hydrogens is 190 g/mol. The molecule has 1 aliphatic carbocycles. The molecule has 1 saturated heterocycles. The van der Waals surface area contributed by atoms with Crippen LogP contribution in [-0.2, 0) is 5.60 Å². The minimum absolute atomic E-state index is 0.713. The highest BCUT2D eigenvalue weighted by Gasteiger charge is 2.40. The van der Waals surface area contributed by atoms with Gasteiger partial charge < -0.3 is 14.4 Å². The van der Waals surface area contributed by atoms with Crippen LogP contribution in [0.5, 0.6) is 0 Å². The Morgan fingerprint density at radius 3 is 2.60 bits per heavy atom. The second kappa shape index (κ2) is 3.35. The first kappa shape index (κ1) is 9.43. The Balaban J connectivity index is 1.69. The molecule has 1 saturated carbocycles. The largest absolute Gasteiger partial charge is 0.466 e. The summed E-state index contributed by atoms with van der Waals surface area (Å²) in [6.45, 7) is 2.00. The SMILES string of the molecule is OC1(c2ccco2)CCN(C2CC2)CC1. The molecular formula is C12H17NO2. The Morgan fingerprint density at radius 2 is 2.07 bits per heavy atom. The number of piperidine rings is 1. The fourth-order valence-electron chi connectivity index (χ4n) is 2.49. The van der Waals surface area contributed by atoms with Crippen molar-refractivity contribution in [3.05, 3.63) is 24.2 Å². The topological polar surface area (TPSA) is 36.6 Å². The third kappa shape index (κ3) is 1.70. The van der Waals surface area contributed by atoms with Gasteiger partial charge >= 0.3 is 0 Å². The Hall–Kier alpha value is -0.800. The standard InChI is InChI=1S/C12H17NO2/c14-12(11-2-1-9-15-11)5-7-13(8-6-12)10-3-4-10/h1-2,9-10,14H,3-8H2. The molecule has 0 amide bonds. The van der Waals surface area contributed by atoms with E-state index < -0.39 is 5.60 Å². The molecule has 1 aliphatic heterocycles. The predicted octanol–water partition coefficient (Wildman–Crippen LogP) is 1.73. The highest BCUT2D eigenvalue weighted by Crippen LogP contribution is 2.37. The van der Waals surface area contributed by atoms with Gasteiger partial charge in [-0.25, -0.2) is 0 Å². The number of furan rings is 1. The molecule has 3 heteroatoms. The molecule has 0 radical (unpaired) electrons. The first-order chi connectivity index (χ1) is 7.28. The average Bonchev–Trinajstić information content (AvgIpc) is 2.94. The van der Waals surface area contributed by atoms with E-state index in [-0.39, 0.29) is 0 Å². The van der Waals surface area contributed by atoms with E-state index in [1.165, 1.54) is 12.8 Å². The maximum absolute atomic E-state index is 10.4. The molecule has 3 nitrogen and oxygen atoms in total. The lowest BCUT2D eigenvalue weighted by Gasteiger charge is -2.36. The minimum atomic E-state index is -0.713. The van der Waals surface area contributed by atoms with E-state index in [0.29, 0.717) is 0 Å². The highest BCUT2D eigenvalue weighted by atomic mass is 16.4. The quantitative estimate of drug-likeness (QED) is 0.802. The lowest BCUT2D eigenvalue weighted by molar-refractivity contribution is -0.0436. The van der Waals surface area contributed by atoms with Crippen LogP contribution in [0.4, 0.5) is 0 Å². The maximum atomic E-state index is 10.4. The monoisotopic (exact) mass is 207 g/mol. The lowest BCUT2D eigenvalue weighted by atomic mass is 9.89. The molecule has 2 heterocycles. The highest BCUT2D eigenvalue weighted by molar-refractivity contribution is 5.11. The van der Waals surface area contributed by atoms with E-state index in [9.17, 15) is 5.11 Å². The predicted molar refractivity (Wildman–Crippen MR) is 56.4 cm³/mol. The Labute approximate surface area is 89.7 Å². The van der Waals surface area contributed by atoms with Crippen LogP contribution >= 0.6 is 0 Å². The van der Waals surface area contributed by atoms with Crippen molar-refractivity contribution in [1.29, 1.82) is 0 Å². The second-order valence-corrected chi connectivity index (χ2v) is 4.78. The fourth-order valence-corrected chi connectivity index (χ4v) is 2.49. The van der Waals surface area contributed by atoms with Gasteiger partial charge in [-0.1, -0.05) is 0 Å². The fraction of sp³-hybridized carbons (Fsp3) is 0.667. The summed E-state index contributed by atoms with van der Waals surface area (Å²) in [5, 5.41) is 10.4. The molecule has 3 rings (SSSR count). The van der Waals surface area contributed by atoms with Crippen LogP contribution in [0.3, 0.4) is 0 Å². The van der Waals surface area contributed by atoms with Crippen molar-refractivity contribution < 1.29 is 9.52 Å². The first-order valence-electron chi connectivity index (χ1n) is 5.78. The molecule has 0 aromatic carbocycles. The van der Waals surface area contributed by atoms with Crippen LogP contribution in [0.2, 0.25) is 0 Å². The van der Waals surface area contributed by atoms with Gasteiger partial charge in [0.15, 0.2) is 0 Å². The van der Waals surface area contributed by atoms with Gasteiger partial charge in [-0.15, -0.1) is 0 Å². The molecule has 15 heavy (non-hydrogen) atoms. The molecule has 0 spiro atoms. The van der Waals surface area contributed by atoms with E-state index in [4.69, 9.17) is 4.42 Å². The zero-order valence-electron chi connectivity index (χ0n) is 8.85. The van der Waals surface area contributed by atoms with Crippen LogP contribution in [0.1, 0.15) is 31.4 Å². The average molecular weight is 207 g/mol. The Bertz CT molecular complexity index is 321. The van der Waals surface area contributed by atoms with E-state index in [0.717, 1.165) is 37.7 Å². The van der Waals surface area contributed by atoms with Crippen molar-refractivity contribution in [1.82, 2.24) is 4.90 Å². The lowest BCUT2D eigenvalue weighted by Crippen LogP contribution is -2.43. The van der Waals surface area contributed by atoms with Crippen molar-refractivity contribution >= 4 is 0 Å². The van der Waals surface area contributed by atoms with Gasteiger partial charge in [0, 0.05) is 19.1 Å². The zero-order chi connectivity index (χ0) is 10.3. The van der Waals surface area contributed by atoms with E-state index in [2.05, 4.69) is 4.90 Å². The third-order valence-electron chi connectivity index (χ3n) is 3.67. The Kier molecular flexibility index (Phi) is 2.11. The summed E-state index contributed by atoms with van der Waals surface area (Å²) < 4.78 is 5.32. The van der Waals surface area contributed by atoms with Crippen LogP contribution in [0.15, 0.2) is 22.8 Å². The maximum Gasteiger partial charge on any atom is 0.135 e. The number of hydrogen-bond acceptors (Lipinski definition) is 3. The Morgan fingerprint density at radius 1 is 1.33 bits per heavy atom. The van der Waals surface area contributed by atoms with Crippen molar-refractivity contribution in [2.45, 2.75) is 37.3 Å². The van der Waals surface area contributed by atoms with Crippen molar-refractivity contribution in [3.63, 3.8) is 0 Å². The van der Waals surface area contributed by atoms with Crippen molar-refractivity contribution in [2.75, 3.05) is 13.1 Å². The smallest absolute Gasteiger partial charge is 0.135 e. The molecule has 1 N–H and O–H groups in total. The molecule has 0 atom stereocenters. The number of hydrogen-bond donors (Lipinski definition) is 1. The number of rotatable bonds is 2. The molecule has 82 valence electrons. The molecule has 0 unspecified atom stereocenters. The van der Waals surface area contributed by atoms with Gasteiger partial charge in [-0.05, 0) is 37.8 Å². The summed E-state index contributed by atoms with van der Waals surface area (Å²) >= 11 is 0. The summed E-state index contributed by atoms with van der Waals surface area (Å²) in [6.07, 6.45) is 5.94. The van der Waals surface area contributed by atoms with Crippen molar-refractivity contribution in [3.8, 4) is 0 Å². The number of aliphatic hydroxyl groups is 1. The second-order valence-electron chi connectivity index (χ2n) is 4.78. The van der Waals surface area contributed by atoms with Gasteiger partial charge in [0.25, 0.3) is 0 Å². The van der Waals surface area contributed by atoms with Crippen LogP contribution < -0.4 is 0 Å². The summed E-state index contributed by atoms with van der Waals surface area (Å²) in [6, 6.07) is 4.54. The van der Waals surface area contributed by atoms with Crippen LogP contribution in [0, 0.1) is 0 Å². The molecule has 1 aromatic heterocycles. The summed E-state index contributed by atoms with van der Waals surface area (Å²) in [7, 11) is 0. The van der Waals surface area contributed by atoms with Crippen LogP contribution in [0.25, 0.3) is 0 Å². The van der Waals surface area contributed by atoms with E-state index >= 15 is 0 Å². The molecule has 1 aromatic rings. The number of nitrogens with zero attached hydrogens (tertiary/aromatic N) is 1. The van der Waals surface area contributed by atoms with Gasteiger partial charge in [0.1, 0.15) is 11.4 Å². The summed E-state index contributed by atoms with van der Waals surface area (Å²) in [5.41, 5.74) is -0.713. The summed E-state index contributed by atoms with van der Waals surface area (Å²) in [5.74, 6) is 0.734. The van der Waals surface area contributed by atoms with Gasteiger partial charge in [-0.3, -0.25) is 0 Å². The summed E-state index contributed by atoms with van der Waals surface area (Å²) in [4.78, 5) is 2.50. The van der Waals surface area contributed by atoms with Gasteiger partial charge in [0.2, 0.25) is 0 Å². The molecule has 2 fully saturated rings. The van der Waals surface area contributed by atoms with Gasteiger partial charge in [-0.2, -0.15) is 0 Å². The van der Waals surface area contributed by atoms with E-state index in [1.807, 2.05) is 12.1 Å². The normalized spacial score (nSPS) is 26.7. The molecule has 0 bridgehead atoms. The first-order valence-corrected chi connectivity index (χ1v) is 5.78. The number of likely N-dealkylation sites (tertiary alicyclic amines) is 1. The van der Waals surface area contributed by atoms with Crippen LogP contribution in [-0.4, -0.2) is 29.1 Å². The van der Waals surface area contributed by atoms with Gasteiger partial charge in [0.05, 0.1) is 6.26 Å².